The number of nitrogens with one attached hydrogen (secondary N) is 1. The van der Waals surface area contributed by atoms with Gasteiger partial charge in [0.05, 0.1) is 5.92 Å². The van der Waals surface area contributed by atoms with Crippen molar-refractivity contribution in [2.75, 3.05) is 0 Å². The van der Waals surface area contributed by atoms with Crippen LogP contribution in [0.2, 0.25) is 0 Å². The maximum atomic E-state index is 12.3. The summed E-state index contributed by atoms with van der Waals surface area (Å²) in [6.45, 7) is 8.14. The summed E-state index contributed by atoms with van der Waals surface area (Å²) < 4.78 is 10.9. The molecule has 1 atom stereocenters. The molecule has 0 radical (unpaired) electrons. The standard InChI is InChI=1S/C29H39NO6/c1-21(2)25(27(32)33)12-8-9-13-26(31)36-29(3,4)18-22-14-16-23(17-15-22)19-30-28(34)35-20-24-10-6-5-7-11-24/h5-7,10-11,14-17,21,25H,8-9,12-13,18-20H2,1-4H3,(H,30,34)(H,32,33)/t25-/m1/s1. The zero-order valence-corrected chi connectivity index (χ0v) is 21.8. The lowest BCUT2D eigenvalue weighted by atomic mass is 9.90. The van der Waals surface area contributed by atoms with Gasteiger partial charge in [0.2, 0.25) is 0 Å². The molecule has 0 bridgehead atoms. The van der Waals surface area contributed by atoms with Crippen molar-refractivity contribution in [1.82, 2.24) is 5.32 Å². The normalized spacial score (nSPS) is 12.1. The predicted molar refractivity (Wildman–Crippen MR) is 138 cm³/mol. The lowest BCUT2D eigenvalue weighted by Crippen LogP contribution is -2.30. The Morgan fingerprint density at radius 2 is 1.56 bits per heavy atom. The molecule has 0 aromatic heterocycles. The second kappa shape index (κ2) is 14.3. The molecule has 0 saturated carbocycles. The fraction of sp³-hybridized carbons (Fsp3) is 0.483. The van der Waals surface area contributed by atoms with Gasteiger partial charge in [0, 0.05) is 19.4 Å². The van der Waals surface area contributed by atoms with Gasteiger partial charge in [-0.25, -0.2) is 4.79 Å². The number of esters is 1. The number of alkyl carbamates (subject to hydrolysis) is 1. The molecule has 2 aromatic rings. The van der Waals surface area contributed by atoms with Gasteiger partial charge in [-0.2, -0.15) is 0 Å². The third kappa shape index (κ3) is 10.9. The monoisotopic (exact) mass is 497 g/mol. The van der Waals surface area contributed by atoms with Gasteiger partial charge in [0.15, 0.2) is 0 Å². The van der Waals surface area contributed by atoms with E-state index in [9.17, 15) is 19.5 Å². The SMILES string of the molecule is CC(C)[C@@H](CCCCC(=O)OC(C)(C)Cc1ccc(CNC(=O)OCc2ccccc2)cc1)C(=O)O. The minimum absolute atomic E-state index is 0.0732. The van der Waals surface area contributed by atoms with Gasteiger partial charge < -0.3 is 19.9 Å². The number of carboxylic acid groups (broad SMARTS) is 1. The first kappa shape index (κ1) is 28.9. The highest BCUT2D eigenvalue weighted by Crippen LogP contribution is 2.21. The smallest absolute Gasteiger partial charge is 0.407 e. The number of carbonyl (C=O) groups excluding carboxylic acids is 2. The molecule has 7 heteroatoms. The molecule has 1 amide bonds. The number of aliphatic carboxylic acids is 1. The van der Waals surface area contributed by atoms with Gasteiger partial charge in [-0.15, -0.1) is 0 Å². The molecule has 2 N–H and O–H groups in total. The molecule has 196 valence electrons. The van der Waals surface area contributed by atoms with E-state index in [0.717, 1.165) is 16.7 Å². The van der Waals surface area contributed by atoms with Crippen molar-refractivity contribution < 1.29 is 29.0 Å². The maximum Gasteiger partial charge on any atom is 0.407 e. The average Bonchev–Trinajstić information content (AvgIpc) is 2.81. The molecular formula is C29H39NO6. The van der Waals surface area contributed by atoms with E-state index in [-0.39, 0.29) is 30.8 Å². The summed E-state index contributed by atoms with van der Waals surface area (Å²) in [5, 5.41) is 12.0. The Morgan fingerprint density at radius 1 is 0.917 bits per heavy atom. The van der Waals surface area contributed by atoms with Gasteiger partial charge >= 0.3 is 18.0 Å². The molecule has 2 aromatic carbocycles. The van der Waals surface area contributed by atoms with Gasteiger partial charge in [-0.3, -0.25) is 9.59 Å². The number of benzene rings is 2. The van der Waals surface area contributed by atoms with Crippen LogP contribution in [0.1, 0.15) is 70.1 Å². The zero-order valence-electron chi connectivity index (χ0n) is 21.8. The molecule has 0 saturated heterocycles. The number of hydrogen-bond donors (Lipinski definition) is 2. The van der Waals surface area contributed by atoms with Crippen LogP contribution in [0, 0.1) is 11.8 Å². The van der Waals surface area contributed by atoms with Crippen LogP contribution < -0.4 is 5.32 Å². The first-order valence-corrected chi connectivity index (χ1v) is 12.5. The van der Waals surface area contributed by atoms with E-state index in [1.165, 1.54) is 0 Å². The first-order valence-electron chi connectivity index (χ1n) is 12.5. The predicted octanol–water partition coefficient (Wildman–Crippen LogP) is 5.89. The van der Waals surface area contributed by atoms with Gasteiger partial charge in [0.25, 0.3) is 0 Å². The number of hydrogen-bond acceptors (Lipinski definition) is 5. The second-order valence-electron chi connectivity index (χ2n) is 10.1. The first-order chi connectivity index (χ1) is 17.1. The van der Waals surface area contributed by atoms with Crippen LogP contribution in [0.25, 0.3) is 0 Å². The van der Waals surface area contributed by atoms with E-state index in [0.29, 0.717) is 32.2 Å². The summed E-state index contributed by atoms with van der Waals surface area (Å²) >= 11 is 0. The maximum absolute atomic E-state index is 12.3. The molecule has 0 aliphatic rings. The van der Waals surface area contributed by atoms with Gasteiger partial charge in [-0.05, 0) is 49.3 Å². The van der Waals surface area contributed by atoms with Crippen LogP contribution in [0.5, 0.6) is 0 Å². The Kier molecular flexibility index (Phi) is 11.4. The number of ether oxygens (including phenoxy) is 2. The van der Waals surface area contributed by atoms with E-state index in [1.807, 2.05) is 82.3 Å². The van der Waals surface area contributed by atoms with E-state index in [2.05, 4.69) is 5.32 Å². The summed E-state index contributed by atoms with van der Waals surface area (Å²) in [5.74, 6) is -1.36. The van der Waals surface area contributed by atoms with Crippen LogP contribution in [0.15, 0.2) is 54.6 Å². The summed E-state index contributed by atoms with van der Waals surface area (Å²) in [5.41, 5.74) is 2.22. The van der Waals surface area contributed by atoms with Crippen molar-refractivity contribution >= 4 is 18.0 Å². The van der Waals surface area contributed by atoms with Crippen LogP contribution in [0.3, 0.4) is 0 Å². The molecule has 36 heavy (non-hydrogen) atoms. The molecule has 7 nitrogen and oxygen atoms in total. The quantitative estimate of drug-likeness (QED) is 0.249. The van der Waals surface area contributed by atoms with Crippen molar-refractivity contribution in [2.24, 2.45) is 11.8 Å². The summed E-state index contributed by atoms with van der Waals surface area (Å²) in [4.78, 5) is 35.5. The van der Waals surface area contributed by atoms with Crippen LogP contribution in [-0.2, 0) is 38.6 Å². The minimum atomic E-state index is -0.779. The molecular weight excluding hydrogens is 458 g/mol. The Balaban J connectivity index is 1.70. The third-order valence-electron chi connectivity index (χ3n) is 5.96. The number of carboxylic acids is 1. The molecule has 0 aliphatic carbocycles. The number of rotatable bonds is 14. The lowest BCUT2D eigenvalue weighted by molar-refractivity contribution is -0.156. The molecule has 0 heterocycles. The van der Waals surface area contributed by atoms with Gasteiger partial charge in [-0.1, -0.05) is 74.9 Å². The lowest BCUT2D eigenvalue weighted by Gasteiger charge is -2.25. The van der Waals surface area contributed by atoms with E-state index >= 15 is 0 Å². The van der Waals surface area contributed by atoms with Crippen molar-refractivity contribution in [3.05, 3.63) is 71.3 Å². The summed E-state index contributed by atoms with van der Waals surface area (Å²) in [7, 11) is 0. The summed E-state index contributed by atoms with van der Waals surface area (Å²) in [6, 6.07) is 17.3. The molecule has 0 fully saturated rings. The molecule has 0 aliphatic heterocycles. The Hall–Kier alpha value is -3.35. The van der Waals surface area contributed by atoms with Gasteiger partial charge in [0.1, 0.15) is 12.2 Å². The fourth-order valence-electron chi connectivity index (χ4n) is 3.99. The van der Waals surface area contributed by atoms with Crippen molar-refractivity contribution in [2.45, 2.75) is 78.6 Å². The molecule has 0 spiro atoms. The van der Waals surface area contributed by atoms with Crippen LogP contribution in [-0.4, -0.2) is 28.7 Å². The summed E-state index contributed by atoms with van der Waals surface area (Å²) in [6.07, 6.45) is 2.22. The Labute approximate surface area is 214 Å². The second-order valence-corrected chi connectivity index (χ2v) is 10.1. The third-order valence-corrected chi connectivity index (χ3v) is 5.96. The molecule has 0 unspecified atom stereocenters. The largest absolute Gasteiger partial charge is 0.481 e. The number of amides is 1. The Morgan fingerprint density at radius 3 is 2.17 bits per heavy atom. The molecule has 2 rings (SSSR count). The minimum Gasteiger partial charge on any atom is -0.481 e. The fourth-order valence-corrected chi connectivity index (χ4v) is 3.99. The number of unbranched alkanes of at least 4 members (excludes halogenated alkanes) is 1. The van der Waals surface area contributed by atoms with E-state index in [4.69, 9.17) is 9.47 Å². The Bertz CT molecular complexity index is 969. The van der Waals surface area contributed by atoms with E-state index in [1.54, 1.807) is 0 Å². The zero-order chi connectivity index (χ0) is 26.6. The van der Waals surface area contributed by atoms with Crippen LogP contribution >= 0.6 is 0 Å². The highest BCUT2D eigenvalue weighted by molar-refractivity contribution is 5.70. The highest BCUT2D eigenvalue weighted by Gasteiger charge is 2.24. The van der Waals surface area contributed by atoms with Crippen LogP contribution in [0.4, 0.5) is 4.79 Å². The number of carbonyl (C=O) groups is 3. The van der Waals surface area contributed by atoms with Crippen molar-refractivity contribution in [3.8, 4) is 0 Å². The van der Waals surface area contributed by atoms with Crippen molar-refractivity contribution in [3.63, 3.8) is 0 Å². The average molecular weight is 498 g/mol. The van der Waals surface area contributed by atoms with Crippen molar-refractivity contribution in [1.29, 1.82) is 0 Å². The topological polar surface area (TPSA) is 102 Å². The van der Waals surface area contributed by atoms with E-state index < -0.39 is 17.7 Å². The highest BCUT2D eigenvalue weighted by atomic mass is 16.6.